The molecule has 0 rings (SSSR count). The number of hydrogen-bond donors (Lipinski definition) is 2. The van der Waals surface area contributed by atoms with E-state index < -0.39 is 10.0 Å². The average molecular weight is 181 g/mol. The van der Waals surface area contributed by atoms with Crippen molar-refractivity contribution < 1.29 is 13.5 Å². The highest BCUT2D eigenvalue weighted by molar-refractivity contribution is 7.88. The summed E-state index contributed by atoms with van der Waals surface area (Å²) in [4.78, 5) is 0. The highest BCUT2D eigenvalue weighted by Crippen LogP contribution is 2.11. The molecule has 0 bridgehead atoms. The SMILES string of the molecule is CC(C)(CO)CNS(C)(=O)=O. The lowest BCUT2D eigenvalue weighted by atomic mass is 9.96. The first-order chi connectivity index (χ1) is 4.77. The number of aliphatic hydroxyl groups is 1. The van der Waals surface area contributed by atoms with Crippen LogP contribution in [0, 0.1) is 5.41 Å². The van der Waals surface area contributed by atoms with Crippen molar-refractivity contribution in [3.8, 4) is 0 Å². The molecule has 0 aliphatic heterocycles. The lowest BCUT2D eigenvalue weighted by Gasteiger charge is -2.20. The molecule has 2 N–H and O–H groups in total. The zero-order valence-corrected chi connectivity index (χ0v) is 7.90. The maximum absolute atomic E-state index is 10.6. The van der Waals surface area contributed by atoms with Crippen LogP contribution in [0.1, 0.15) is 13.8 Å². The van der Waals surface area contributed by atoms with Crippen LogP contribution in [0.4, 0.5) is 0 Å². The minimum absolute atomic E-state index is 0.0322. The summed E-state index contributed by atoms with van der Waals surface area (Å²) in [6.07, 6.45) is 1.10. The van der Waals surface area contributed by atoms with Crippen molar-refractivity contribution in [1.82, 2.24) is 4.72 Å². The second kappa shape index (κ2) is 3.51. The second-order valence-corrected chi connectivity index (χ2v) is 5.25. The van der Waals surface area contributed by atoms with Crippen molar-refractivity contribution in [2.75, 3.05) is 19.4 Å². The Morgan fingerprint density at radius 1 is 1.45 bits per heavy atom. The summed E-state index contributed by atoms with van der Waals surface area (Å²) in [5.74, 6) is 0. The third kappa shape index (κ3) is 6.28. The summed E-state index contributed by atoms with van der Waals surface area (Å²) in [5.41, 5.74) is -0.386. The molecular weight excluding hydrogens is 166 g/mol. The molecule has 0 saturated carbocycles. The number of sulfonamides is 1. The molecule has 0 aromatic rings. The molecule has 0 atom stereocenters. The van der Waals surface area contributed by atoms with Gasteiger partial charge in [-0.3, -0.25) is 0 Å². The number of aliphatic hydroxyl groups excluding tert-OH is 1. The van der Waals surface area contributed by atoms with Crippen molar-refractivity contribution in [2.45, 2.75) is 13.8 Å². The molecule has 0 aliphatic rings. The second-order valence-electron chi connectivity index (χ2n) is 3.42. The fourth-order valence-electron chi connectivity index (χ4n) is 0.382. The van der Waals surface area contributed by atoms with Gasteiger partial charge < -0.3 is 5.11 Å². The monoisotopic (exact) mass is 181 g/mol. The summed E-state index contributed by atoms with van der Waals surface area (Å²) in [6, 6.07) is 0. The Kier molecular flexibility index (Phi) is 3.47. The van der Waals surface area contributed by atoms with Crippen LogP contribution < -0.4 is 4.72 Å². The van der Waals surface area contributed by atoms with E-state index in [1.54, 1.807) is 13.8 Å². The first-order valence-electron chi connectivity index (χ1n) is 3.32. The largest absolute Gasteiger partial charge is 0.396 e. The lowest BCUT2D eigenvalue weighted by Crippen LogP contribution is -2.35. The molecule has 0 heterocycles. The molecule has 0 aromatic carbocycles. The molecule has 11 heavy (non-hydrogen) atoms. The number of nitrogens with one attached hydrogen (secondary N) is 1. The Balaban J connectivity index is 3.90. The van der Waals surface area contributed by atoms with Crippen molar-refractivity contribution in [3.63, 3.8) is 0 Å². The highest BCUT2D eigenvalue weighted by Gasteiger charge is 2.17. The minimum atomic E-state index is -3.13. The Hall–Kier alpha value is -0.130. The van der Waals surface area contributed by atoms with Gasteiger partial charge in [0.05, 0.1) is 6.26 Å². The normalized spacial score (nSPS) is 13.5. The standard InChI is InChI=1S/C6H15NO3S/c1-6(2,5-8)4-7-11(3,9)10/h7-8H,4-5H2,1-3H3. The maximum Gasteiger partial charge on any atom is 0.208 e. The third-order valence-electron chi connectivity index (χ3n) is 1.24. The van der Waals surface area contributed by atoms with Crippen molar-refractivity contribution in [1.29, 1.82) is 0 Å². The van der Waals surface area contributed by atoms with Gasteiger partial charge in [0.1, 0.15) is 0 Å². The van der Waals surface area contributed by atoms with Crippen LogP contribution in [0.5, 0.6) is 0 Å². The van der Waals surface area contributed by atoms with Crippen LogP contribution >= 0.6 is 0 Å². The van der Waals surface area contributed by atoms with E-state index in [9.17, 15) is 8.42 Å². The first-order valence-corrected chi connectivity index (χ1v) is 5.21. The van der Waals surface area contributed by atoms with Gasteiger partial charge >= 0.3 is 0 Å². The Morgan fingerprint density at radius 2 is 1.91 bits per heavy atom. The van der Waals surface area contributed by atoms with Crippen molar-refractivity contribution in [2.24, 2.45) is 5.41 Å². The zero-order chi connectivity index (χ0) is 9.12. The summed E-state index contributed by atoms with van der Waals surface area (Å²) in [7, 11) is -3.13. The van der Waals surface area contributed by atoms with Gasteiger partial charge in [0.25, 0.3) is 0 Å². The molecule has 0 fully saturated rings. The van der Waals surface area contributed by atoms with Crippen LogP contribution in [0.3, 0.4) is 0 Å². The average Bonchev–Trinajstić information content (AvgIpc) is 1.83. The quantitative estimate of drug-likeness (QED) is 0.617. The predicted octanol–water partition coefficient (Wildman–Crippen LogP) is -0.446. The molecule has 0 aliphatic carbocycles. The Bertz CT molecular complexity index is 208. The molecular formula is C6H15NO3S. The van der Waals surface area contributed by atoms with Gasteiger partial charge in [0, 0.05) is 18.6 Å². The maximum atomic E-state index is 10.6. The Morgan fingerprint density at radius 3 is 2.18 bits per heavy atom. The van der Waals surface area contributed by atoms with Crippen LogP contribution in [-0.4, -0.2) is 32.9 Å². The van der Waals surface area contributed by atoms with E-state index in [-0.39, 0.29) is 18.6 Å². The molecule has 0 aromatic heterocycles. The summed E-state index contributed by atoms with van der Waals surface area (Å²) in [6.45, 7) is 3.80. The van der Waals surface area contributed by atoms with Gasteiger partial charge in [-0.2, -0.15) is 0 Å². The van der Waals surface area contributed by atoms with E-state index in [0.29, 0.717) is 0 Å². The van der Waals surface area contributed by atoms with E-state index in [1.807, 2.05) is 0 Å². The van der Waals surface area contributed by atoms with Gasteiger partial charge in [-0.15, -0.1) is 0 Å². The molecule has 0 saturated heterocycles. The number of hydrogen-bond acceptors (Lipinski definition) is 3. The van der Waals surface area contributed by atoms with E-state index >= 15 is 0 Å². The molecule has 68 valence electrons. The first kappa shape index (κ1) is 10.9. The fraction of sp³-hybridized carbons (Fsp3) is 1.00. The van der Waals surface area contributed by atoms with E-state index in [4.69, 9.17) is 5.11 Å². The van der Waals surface area contributed by atoms with E-state index in [0.717, 1.165) is 6.26 Å². The van der Waals surface area contributed by atoms with Crippen LogP contribution in [0.15, 0.2) is 0 Å². The van der Waals surface area contributed by atoms with Crippen LogP contribution in [0.25, 0.3) is 0 Å². The zero-order valence-electron chi connectivity index (χ0n) is 7.09. The fourth-order valence-corrected chi connectivity index (χ4v) is 1.04. The van der Waals surface area contributed by atoms with Crippen LogP contribution in [-0.2, 0) is 10.0 Å². The number of rotatable bonds is 4. The van der Waals surface area contributed by atoms with Gasteiger partial charge in [-0.1, -0.05) is 13.8 Å². The van der Waals surface area contributed by atoms with Crippen molar-refractivity contribution in [3.05, 3.63) is 0 Å². The van der Waals surface area contributed by atoms with E-state index in [1.165, 1.54) is 0 Å². The predicted molar refractivity (Wildman–Crippen MR) is 43.7 cm³/mol. The Labute approximate surface area is 67.7 Å². The summed E-state index contributed by atoms with van der Waals surface area (Å²) >= 11 is 0. The van der Waals surface area contributed by atoms with Gasteiger partial charge in [-0.05, 0) is 0 Å². The summed E-state index contributed by atoms with van der Waals surface area (Å²) < 4.78 is 23.5. The summed E-state index contributed by atoms with van der Waals surface area (Å²) in [5, 5.41) is 8.76. The third-order valence-corrected chi connectivity index (χ3v) is 1.91. The topological polar surface area (TPSA) is 66.4 Å². The smallest absolute Gasteiger partial charge is 0.208 e. The molecule has 0 amide bonds. The minimum Gasteiger partial charge on any atom is -0.396 e. The van der Waals surface area contributed by atoms with Crippen molar-refractivity contribution >= 4 is 10.0 Å². The molecule has 4 nitrogen and oxygen atoms in total. The van der Waals surface area contributed by atoms with Gasteiger partial charge in [0.2, 0.25) is 10.0 Å². The van der Waals surface area contributed by atoms with Gasteiger partial charge in [0.15, 0.2) is 0 Å². The molecule has 5 heteroatoms. The lowest BCUT2D eigenvalue weighted by molar-refractivity contribution is 0.163. The molecule has 0 spiro atoms. The molecule has 0 unspecified atom stereocenters. The van der Waals surface area contributed by atoms with E-state index in [2.05, 4.69) is 4.72 Å². The molecule has 0 radical (unpaired) electrons. The highest BCUT2D eigenvalue weighted by atomic mass is 32.2. The van der Waals surface area contributed by atoms with Gasteiger partial charge in [-0.25, -0.2) is 13.1 Å². The van der Waals surface area contributed by atoms with Crippen LogP contribution in [0.2, 0.25) is 0 Å².